The van der Waals surface area contributed by atoms with Crippen LogP contribution in [0.5, 0.6) is 0 Å². The SMILES string of the molecule is O=C(CCNC1CCCCC1)N1CCN(C/C=C/c2ccccc2)CC1. The first-order chi connectivity index (χ1) is 12.8. The van der Waals surface area contributed by atoms with Crippen molar-refractivity contribution in [1.29, 1.82) is 0 Å². The highest BCUT2D eigenvalue weighted by Gasteiger charge is 2.20. The second-order valence-corrected chi connectivity index (χ2v) is 7.53. The highest BCUT2D eigenvalue weighted by Crippen LogP contribution is 2.17. The maximum atomic E-state index is 12.4. The summed E-state index contributed by atoms with van der Waals surface area (Å²) in [5, 5.41) is 3.58. The number of nitrogens with zero attached hydrogens (tertiary/aromatic N) is 2. The number of piperazine rings is 1. The number of carbonyl (C=O) groups excluding carboxylic acids is 1. The van der Waals surface area contributed by atoms with Crippen LogP contribution < -0.4 is 5.32 Å². The number of hydrogen-bond acceptors (Lipinski definition) is 3. The van der Waals surface area contributed by atoms with E-state index in [1.165, 1.54) is 37.7 Å². The van der Waals surface area contributed by atoms with Crippen molar-refractivity contribution in [3.8, 4) is 0 Å². The lowest BCUT2D eigenvalue weighted by molar-refractivity contribution is -0.132. The zero-order valence-electron chi connectivity index (χ0n) is 15.9. The first-order valence-corrected chi connectivity index (χ1v) is 10.3. The number of hydrogen-bond donors (Lipinski definition) is 1. The molecule has 1 heterocycles. The molecule has 1 saturated carbocycles. The van der Waals surface area contributed by atoms with Gasteiger partial charge in [-0.3, -0.25) is 9.69 Å². The Labute approximate surface area is 158 Å². The van der Waals surface area contributed by atoms with Crippen molar-refractivity contribution < 1.29 is 4.79 Å². The van der Waals surface area contributed by atoms with Crippen molar-refractivity contribution in [3.63, 3.8) is 0 Å². The molecule has 2 fully saturated rings. The van der Waals surface area contributed by atoms with Gasteiger partial charge in [-0.2, -0.15) is 0 Å². The second-order valence-electron chi connectivity index (χ2n) is 7.53. The van der Waals surface area contributed by atoms with Crippen LogP contribution in [0.3, 0.4) is 0 Å². The molecule has 1 aliphatic heterocycles. The molecule has 3 rings (SSSR count). The van der Waals surface area contributed by atoms with Crippen LogP contribution in [0.15, 0.2) is 36.4 Å². The van der Waals surface area contributed by atoms with Gasteiger partial charge in [-0.05, 0) is 18.4 Å². The molecule has 1 aromatic carbocycles. The predicted octanol–water partition coefficient (Wildman–Crippen LogP) is 3.16. The smallest absolute Gasteiger partial charge is 0.223 e. The summed E-state index contributed by atoms with van der Waals surface area (Å²) in [6, 6.07) is 11.0. The van der Waals surface area contributed by atoms with E-state index in [0.717, 1.165) is 39.3 Å². The molecule has 4 nitrogen and oxygen atoms in total. The number of nitrogens with one attached hydrogen (secondary N) is 1. The minimum absolute atomic E-state index is 0.313. The fourth-order valence-corrected chi connectivity index (χ4v) is 3.93. The Morgan fingerprint density at radius 1 is 1.04 bits per heavy atom. The average Bonchev–Trinajstić information content (AvgIpc) is 2.70. The zero-order chi connectivity index (χ0) is 18.0. The first kappa shape index (κ1) is 19.1. The standard InChI is InChI=1S/C22H33N3O/c26-22(13-14-23-21-11-5-2-6-12-21)25-18-16-24(17-19-25)15-7-10-20-8-3-1-4-9-20/h1,3-4,7-10,21,23H,2,5-6,11-19H2/b10-7+. The minimum Gasteiger partial charge on any atom is -0.340 e. The summed E-state index contributed by atoms with van der Waals surface area (Å²) in [6.07, 6.45) is 11.7. The van der Waals surface area contributed by atoms with E-state index in [1.807, 2.05) is 11.0 Å². The van der Waals surface area contributed by atoms with Crippen molar-refractivity contribution in [2.75, 3.05) is 39.3 Å². The Morgan fingerprint density at radius 2 is 1.77 bits per heavy atom. The normalized spacial score (nSPS) is 19.9. The van der Waals surface area contributed by atoms with Crippen molar-refractivity contribution in [1.82, 2.24) is 15.1 Å². The third kappa shape index (κ3) is 6.26. The molecule has 1 aromatic rings. The predicted molar refractivity (Wildman–Crippen MR) is 108 cm³/mol. The minimum atomic E-state index is 0.313. The molecule has 0 bridgehead atoms. The Kier molecular flexibility index (Phi) is 7.71. The van der Waals surface area contributed by atoms with Gasteiger partial charge < -0.3 is 10.2 Å². The van der Waals surface area contributed by atoms with Crippen LogP contribution in [0, 0.1) is 0 Å². The highest BCUT2D eigenvalue weighted by atomic mass is 16.2. The summed E-state index contributed by atoms with van der Waals surface area (Å²) < 4.78 is 0. The second kappa shape index (κ2) is 10.5. The molecule has 4 heteroatoms. The van der Waals surface area contributed by atoms with Crippen molar-refractivity contribution in [2.24, 2.45) is 0 Å². The van der Waals surface area contributed by atoms with E-state index in [2.05, 4.69) is 46.6 Å². The van der Waals surface area contributed by atoms with Crippen LogP contribution in [-0.2, 0) is 4.79 Å². The van der Waals surface area contributed by atoms with Gasteiger partial charge in [0.1, 0.15) is 0 Å². The lowest BCUT2D eigenvalue weighted by Gasteiger charge is -2.34. The van der Waals surface area contributed by atoms with Crippen molar-refractivity contribution in [3.05, 3.63) is 42.0 Å². The summed E-state index contributed by atoms with van der Waals surface area (Å²) >= 11 is 0. The van der Waals surface area contributed by atoms with E-state index in [4.69, 9.17) is 0 Å². The van der Waals surface area contributed by atoms with E-state index in [1.54, 1.807) is 0 Å². The fraction of sp³-hybridized carbons (Fsp3) is 0.591. The number of rotatable bonds is 7. The quantitative estimate of drug-likeness (QED) is 0.816. The molecule has 0 spiro atoms. The molecule has 1 amide bonds. The molecular weight excluding hydrogens is 322 g/mol. The Hall–Kier alpha value is -1.65. The maximum absolute atomic E-state index is 12.4. The van der Waals surface area contributed by atoms with Gasteiger partial charge in [0, 0.05) is 51.7 Å². The Morgan fingerprint density at radius 3 is 2.50 bits per heavy atom. The highest BCUT2D eigenvalue weighted by molar-refractivity contribution is 5.76. The van der Waals surface area contributed by atoms with E-state index in [9.17, 15) is 4.79 Å². The molecule has 1 aliphatic carbocycles. The molecule has 2 aliphatic rings. The third-order valence-corrected chi connectivity index (χ3v) is 5.58. The lowest BCUT2D eigenvalue weighted by atomic mass is 9.95. The van der Waals surface area contributed by atoms with Crippen molar-refractivity contribution >= 4 is 12.0 Å². The van der Waals surface area contributed by atoms with Crippen molar-refractivity contribution in [2.45, 2.75) is 44.6 Å². The van der Waals surface area contributed by atoms with E-state index in [0.29, 0.717) is 18.4 Å². The van der Waals surface area contributed by atoms with Crippen LogP contribution in [0.2, 0.25) is 0 Å². The largest absolute Gasteiger partial charge is 0.340 e. The van der Waals surface area contributed by atoms with E-state index in [-0.39, 0.29) is 0 Å². The monoisotopic (exact) mass is 355 g/mol. The molecule has 0 aromatic heterocycles. The molecular formula is C22H33N3O. The van der Waals surface area contributed by atoms with Crippen LogP contribution in [0.1, 0.15) is 44.1 Å². The molecule has 0 atom stereocenters. The van der Waals surface area contributed by atoms with Gasteiger partial charge in [-0.25, -0.2) is 0 Å². The summed E-state index contributed by atoms with van der Waals surface area (Å²) in [5.74, 6) is 0.313. The van der Waals surface area contributed by atoms with Crippen LogP contribution in [-0.4, -0.2) is 61.0 Å². The van der Waals surface area contributed by atoms with E-state index < -0.39 is 0 Å². The van der Waals surface area contributed by atoms with Crippen LogP contribution in [0.4, 0.5) is 0 Å². The van der Waals surface area contributed by atoms with Gasteiger partial charge in [-0.1, -0.05) is 61.7 Å². The van der Waals surface area contributed by atoms with Gasteiger partial charge in [0.05, 0.1) is 0 Å². The number of benzene rings is 1. The van der Waals surface area contributed by atoms with E-state index >= 15 is 0 Å². The summed E-state index contributed by atoms with van der Waals surface area (Å²) in [4.78, 5) is 16.9. The van der Waals surface area contributed by atoms with Gasteiger partial charge in [0.2, 0.25) is 5.91 Å². The van der Waals surface area contributed by atoms with Gasteiger partial charge in [0.15, 0.2) is 0 Å². The molecule has 1 saturated heterocycles. The van der Waals surface area contributed by atoms with Crippen LogP contribution >= 0.6 is 0 Å². The van der Waals surface area contributed by atoms with Gasteiger partial charge >= 0.3 is 0 Å². The topological polar surface area (TPSA) is 35.6 Å². The first-order valence-electron chi connectivity index (χ1n) is 10.3. The molecule has 26 heavy (non-hydrogen) atoms. The fourth-order valence-electron chi connectivity index (χ4n) is 3.93. The molecule has 142 valence electrons. The summed E-state index contributed by atoms with van der Waals surface area (Å²) in [7, 11) is 0. The maximum Gasteiger partial charge on any atom is 0.223 e. The number of amides is 1. The van der Waals surface area contributed by atoms with Crippen LogP contribution in [0.25, 0.3) is 6.08 Å². The number of carbonyl (C=O) groups is 1. The lowest BCUT2D eigenvalue weighted by Crippen LogP contribution is -2.49. The molecule has 1 N–H and O–H groups in total. The average molecular weight is 356 g/mol. The Bertz CT molecular complexity index is 558. The summed E-state index contributed by atoms with van der Waals surface area (Å²) in [6.45, 7) is 5.47. The molecule has 0 radical (unpaired) electrons. The summed E-state index contributed by atoms with van der Waals surface area (Å²) in [5.41, 5.74) is 1.24. The molecule has 0 unspecified atom stereocenters. The zero-order valence-corrected chi connectivity index (χ0v) is 15.9. The van der Waals surface area contributed by atoms with Gasteiger partial charge in [-0.15, -0.1) is 0 Å². The Balaban J connectivity index is 1.30. The third-order valence-electron chi connectivity index (χ3n) is 5.58. The van der Waals surface area contributed by atoms with Gasteiger partial charge in [0.25, 0.3) is 0 Å².